The number of aliphatic carboxylic acids is 1. The summed E-state index contributed by atoms with van der Waals surface area (Å²) in [6.45, 7) is 2.96. The summed E-state index contributed by atoms with van der Waals surface area (Å²) in [6, 6.07) is 14.9. The average molecular weight is 442 g/mol. The minimum Gasteiger partial charge on any atom is -0.481 e. The van der Waals surface area contributed by atoms with Crippen molar-refractivity contribution in [1.82, 2.24) is 14.8 Å². The fourth-order valence-electron chi connectivity index (χ4n) is 3.49. The molecule has 1 aliphatic heterocycles. The molecule has 0 radical (unpaired) electrons. The molecule has 162 valence electrons. The second kappa shape index (κ2) is 10.1. The number of hydrogen-bond donors (Lipinski definition) is 2. The van der Waals surface area contributed by atoms with Crippen LogP contribution < -0.4 is 0 Å². The molecule has 0 atom stereocenters. The summed E-state index contributed by atoms with van der Waals surface area (Å²) in [5, 5.41) is 9.21. The van der Waals surface area contributed by atoms with Gasteiger partial charge in [0.2, 0.25) is 5.91 Å². The number of halogens is 1. The van der Waals surface area contributed by atoms with E-state index in [9.17, 15) is 9.59 Å². The van der Waals surface area contributed by atoms with Crippen molar-refractivity contribution < 1.29 is 19.5 Å². The van der Waals surface area contributed by atoms with Gasteiger partial charge in [-0.05, 0) is 42.3 Å². The molecule has 31 heavy (non-hydrogen) atoms. The molecule has 4 rings (SSSR count). The number of aromatic amines is 1. The molecular formula is C23H24ClN3O4. The maximum atomic E-state index is 12.5. The maximum Gasteiger partial charge on any atom is 0.300 e. The molecule has 3 aromatic rings. The summed E-state index contributed by atoms with van der Waals surface area (Å²) >= 11 is 6.10. The fourth-order valence-corrected chi connectivity index (χ4v) is 3.67. The largest absolute Gasteiger partial charge is 0.481 e. The second-order valence-electron chi connectivity index (χ2n) is 7.25. The predicted molar refractivity (Wildman–Crippen MR) is 119 cm³/mol. The van der Waals surface area contributed by atoms with E-state index in [2.05, 4.69) is 4.98 Å². The highest BCUT2D eigenvalue weighted by Crippen LogP contribution is 2.23. The van der Waals surface area contributed by atoms with Crippen molar-refractivity contribution in [2.24, 2.45) is 0 Å². The highest BCUT2D eigenvalue weighted by Gasteiger charge is 2.27. The number of amides is 2. The first-order valence-electron chi connectivity index (χ1n) is 9.92. The van der Waals surface area contributed by atoms with Gasteiger partial charge < -0.3 is 19.9 Å². The van der Waals surface area contributed by atoms with Crippen LogP contribution in [0.15, 0.2) is 54.7 Å². The maximum absolute atomic E-state index is 12.5. The van der Waals surface area contributed by atoms with Crippen molar-refractivity contribution in [3.8, 4) is 0 Å². The number of fused-ring (bicyclic) bond motifs is 1. The van der Waals surface area contributed by atoms with Crippen molar-refractivity contribution >= 4 is 40.3 Å². The smallest absolute Gasteiger partial charge is 0.300 e. The van der Waals surface area contributed by atoms with Gasteiger partial charge in [-0.25, -0.2) is 0 Å². The van der Waals surface area contributed by atoms with E-state index >= 15 is 0 Å². The summed E-state index contributed by atoms with van der Waals surface area (Å²) in [7, 11) is 0. The molecular weight excluding hydrogens is 418 g/mol. The topological polar surface area (TPSA) is 93.7 Å². The Morgan fingerprint density at radius 2 is 1.84 bits per heavy atom. The molecule has 0 unspecified atom stereocenters. The lowest BCUT2D eigenvalue weighted by Crippen LogP contribution is -2.52. The number of piperazine rings is 1. The average Bonchev–Trinajstić information content (AvgIpc) is 3.14. The lowest BCUT2D eigenvalue weighted by molar-refractivity contribution is -0.135. The number of carboxylic acid groups (broad SMARTS) is 1. The number of benzene rings is 2. The summed E-state index contributed by atoms with van der Waals surface area (Å²) in [4.78, 5) is 40.7. The second-order valence-corrected chi connectivity index (χ2v) is 7.68. The van der Waals surface area contributed by atoms with E-state index < -0.39 is 5.97 Å². The molecule has 1 aromatic heterocycles. The molecule has 2 amide bonds. The van der Waals surface area contributed by atoms with Gasteiger partial charge in [0.1, 0.15) is 6.54 Å². The monoisotopic (exact) mass is 441 g/mol. The molecule has 2 aromatic carbocycles. The summed E-state index contributed by atoms with van der Waals surface area (Å²) in [6.07, 6.45) is 2.72. The number of H-pyrrole nitrogens is 1. The standard InChI is InChI=1S/C21H20ClN3O2.C2H4O2/c22-17-6-7-19-18(12-17)16(13-23-19)8-9-24-10-11-25(14-20(24)26)21(27)15-4-2-1-3-5-15;1-2(3)4/h1-7,12-13,23H,8-11,14H2;1H3,(H,3,4). The van der Waals surface area contributed by atoms with Gasteiger partial charge in [-0.3, -0.25) is 14.4 Å². The Bertz CT molecular complexity index is 1080. The van der Waals surface area contributed by atoms with E-state index in [0.717, 1.165) is 29.8 Å². The number of carbonyl (C=O) groups excluding carboxylic acids is 2. The zero-order valence-electron chi connectivity index (χ0n) is 17.2. The number of aromatic nitrogens is 1. The summed E-state index contributed by atoms with van der Waals surface area (Å²) < 4.78 is 0. The third kappa shape index (κ3) is 5.86. The van der Waals surface area contributed by atoms with Crippen LogP contribution in [-0.2, 0) is 16.0 Å². The SMILES string of the molecule is CC(=O)O.O=C1CN(C(=O)c2ccccc2)CCN1CCc1c[nH]c2ccc(Cl)cc12. The molecule has 0 saturated carbocycles. The van der Waals surface area contributed by atoms with Gasteiger partial charge >= 0.3 is 0 Å². The summed E-state index contributed by atoms with van der Waals surface area (Å²) in [5.74, 6) is -0.932. The molecule has 0 bridgehead atoms. The number of nitrogens with zero attached hydrogens (tertiary/aromatic N) is 2. The van der Waals surface area contributed by atoms with Crippen LogP contribution >= 0.6 is 11.6 Å². The van der Waals surface area contributed by atoms with Gasteiger partial charge in [0, 0.05) is 54.2 Å². The van der Waals surface area contributed by atoms with Crippen molar-refractivity contribution in [2.75, 3.05) is 26.2 Å². The molecule has 8 heteroatoms. The number of carbonyl (C=O) groups is 3. The van der Waals surface area contributed by atoms with E-state index in [0.29, 0.717) is 30.2 Å². The molecule has 0 aliphatic carbocycles. The van der Waals surface area contributed by atoms with Crippen molar-refractivity contribution in [1.29, 1.82) is 0 Å². The van der Waals surface area contributed by atoms with Gasteiger partial charge in [-0.2, -0.15) is 0 Å². The van der Waals surface area contributed by atoms with Crippen LogP contribution in [0.3, 0.4) is 0 Å². The molecule has 2 N–H and O–H groups in total. The Morgan fingerprint density at radius 3 is 2.52 bits per heavy atom. The Labute approximate surface area is 185 Å². The van der Waals surface area contributed by atoms with Crippen LogP contribution in [0.2, 0.25) is 5.02 Å². The van der Waals surface area contributed by atoms with Crippen molar-refractivity contribution in [3.05, 3.63) is 70.9 Å². The first kappa shape index (κ1) is 22.4. The third-order valence-corrected chi connectivity index (χ3v) is 5.24. The highest BCUT2D eigenvalue weighted by molar-refractivity contribution is 6.31. The minimum atomic E-state index is -0.833. The Kier molecular flexibility index (Phi) is 7.31. The van der Waals surface area contributed by atoms with Gasteiger partial charge in [0.25, 0.3) is 11.9 Å². The van der Waals surface area contributed by atoms with E-state index in [1.165, 1.54) is 0 Å². The van der Waals surface area contributed by atoms with Crippen LogP contribution in [0, 0.1) is 0 Å². The molecule has 1 saturated heterocycles. The van der Waals surface area contributed by atoms with Gasteiger partial charge in [-0.1, -0.05) is 29.8 Å². The zero-order chi connectivity index (χ0) is 22.4. The molecule has 0 spiro atoms. The van der Waals surface area contributed by atoms with Crippen LogP contribution in [-0.4, -0.2) is 63.9 Å². The highest BCUT2D eigenvalue weighted by atomic mass is 35.5. The Hall–Kier alpha value is -3.32. The first-order valence-corrected chi connectivity index (χ1v) is 10.3. The van der Waals surface area contributed by atoms with Crippen molar-refractivity contribution in [3.63, 3.8) is 0 Å². The normalized spacial score (nSPS) is 13.7. The lowest BCUT2D eigenvalue weighted by Gasteiger charge is -2.34. The molecule has 1 aliphatic rings. The van der Waals surface area contributed by atoms with E-state index in [4.69, 9.17) is 21.5 Å². The van der Waals surface area contributed by atoms with E-state index in [1.54, 1.807) is 17.0 Å². The Morgan fingerprint density at radius 1 is 1.13 bits per heavy atom. The van der Waals surface area contributed by atoms with Gasteiger partial charge in [-0.15, -0.1) is 0 Å². The number of carboxylic acids is 1. The quantitative estimate of drug-likeness (QED) is 0.648. The summed E-state index contributed by atoms with van der Waals surface area (Å²) in [5.41, 5.74) is 2.80. The van der Waals surface area contributed by atoms with E-state index in [1.807, 2.05) is 47.5 Å². The lowest BCUT2D eigenvalue weighted by atomic mass is 10.1. The molecule has 2 heterocycles. The predicted octanol–water partition coefficient (Wildman–Crippen LogP) is 3.44. The van der Waals surface area contributed by atoms with Crippen LogP contribution in [0.4, 0.5) is 0 Å². The van der Waals surface area contributed by atoms with E-state index in [-0.39, 0.29) is 18.4 Å². The number of nitrogens with one attached hydrogen (secondary N) is 1. The minimum absolute atomic E-state index is 0.0107. The molecule has 7 nitrogen and oxygen atoms in total. The van der Waals surface area contributed by atoms with Gasteiger partial charge in [0.15, 0.2) is 0 Å². The third-order valence-electron chi connectivity index (χ3n) is 5.01. The van der Waals surface area contributed by atoms with Crippen LogP contribution in [0.5, 0.6) is 0 Å². The van der Waals surface area contributed by atoms with Gasteiger partial charge in [0.05, 0.1) is 0 Å². The first-order chi connectivity index (χ1) is 14.8. The van der Waals surface area contributed by atoms with Crippen molar-refractivity contribution in [2.45, 2.75) is 13.3 Å². The fraction of sp³-hybridized carbons (Fsp3) is 0.261. The molecule has 1 fully saturated rings. The van der Waals surface area contributed by atoms with Crippen LogP contribution in [0.1, 0.15) is 22.8 Å². The Balaban J connectivity index is 0.000000628. The number of hydrogen-bond acceptors (Lipinski definition) is 3. The zero-order valence-corrected chi connectivity index (χ0v) is 17.9. The van der Waals surface area contributed by atoms with Crippen LogP contribution in [0.25, 0.3) is 10.9 Å². The number of rotatable bonds is 4.